The lowest BCUT2D eigenvalue weighted by atomic mass is 9.87. The van der Waals surface area contributed by atoms with Gasteiger partial charge < -0.3 is 15.2 Å². The number of aryl methyl sites for hydroxylation is 1. The van der Waals surface area contributed by atoms with Crippen molar-refractivity contribution in [1.29, 1.82) is 0 Å². The zero-order valence-corrected chi connectivity index (χ0v) is 20.2. The van der Waals surface area contributed by atoms with E-state index in [-0.39, 0.29) is 30.2 Å². The van der Waals surface area contributed by atoms with Gasteiger partial charge in [-0.05, 0) is 60.2 Å². The molecule has 0 bridgehead atoms. The Morgan fingerprint density at radius 1 is 0.941 bits per heavy atom. The maximum absolute atomic E-state index is 12.4. The van der Waals surface area contributed by atoms with Crippen LogP contribution in [0.5, 0.6) is 0 Å². The summed E-state index contributed by atoms with van der Waals surface area (Å²) >= 11 is 0. The lowest BCUT2D eigenvalue weighted by Crippen LogP contribution is -2.27. The van der Waals surface area contributed by atoms with Gasteiger partial charge >= 0.3 is 0 Å². The Balaban J connectivity index is 1.27. The van der Waals surface area contributed by atoms with Crippen LogP contribution in [0.4, 0.5) is 5.69 Å². The monoisotopic (exact) mass is 459 g/mol. The highest BCUT2D eigenvalue weighted by Crippen LogP contribution is 2.24. The van der Waals surface area contributed by atoms with Gasteiger partial charge in [0, 0.05) is 42.7 Å². The number of benzene rings is 2. The van der Waals surface area contributed by atoms with Gasteiger partial charge in [0.15, 0.2) is 5.82 Å². The van der Waals surface area contributed by atoms with Crippen LogP contribution in [0.1, 0.15) is 68.2 Å². The Morgan fingerprint density at radius 2 is 1.68 bits per heavy atom. The highest BCUT2D eigenvalue weighted by molar-refractivity contribution is 5.95. The molecule has 7 nitrogen and oxygen atoms in total. The minimum Gasteiger partial charge on any atom is -0.352 e. The highest BCUT2D eigenvalue weighted by atomic mass is 16.2. The largest absolute Gasteiger partial charge is 0.352 e. The Kier molecular flexibility index (Phi) is 7.10. The average molecular weight is 460 g/mol. The van der Waals surface area contributed by atoms with Crippen molar-refractivity contribution in [3.63, 3.8) is 0 Å². The summed E-state index contributed by atoms with van der Waals surface area (Å²) in [5.74, 6) is 1.61. The first-order valence-corrected chi connectivity index (χ1v) is 12.0. The van der Waals surface area contributed by atoms with Crippen LogP contribution in [0.2, 0.25) is 0 Å². The Hall–Kier alpha value is -3.48. The van der Waals surface area contributed by atoms with E-state index in [9.17, 15) is 9.59 Å². The smallest absolute Gasteiger partial charge is 0.251 e. The van der Waals surface area contributed by atoms with Crippen molar-refractivity contribution in [3.8, 4) is 11.4 Å². The molecule has 34 heavy (non-hydrogen) atoms. The van der Waals surface area contributed by atoms with E-state index >= 15 is 0 Å². The molecule has 0 spiro atoms. The maximum atomic E-state index is 12.4. The molecule has 0 aliphatic carbocycles. The van der Waals surface area contributed by atoms with Gasteiger partial charge in [-0.3, -0.25) is 9.59 Å². The minimum atomic E-state index is -0.176. The topological polar surface area (TPSA) is 88.9 Å². The zero-order valence-electron chi connectivity index (χ0n) is 20.2. The van der Waals surface area contributed by atoms with E-state index in [2.05, 4.69) is 46.2 Å². The van der Waals surface area contributed by atoms with Crippen LogP contribution in [0.3, 0.4) is 0 Å². The molecule has 3 aromatic rings. The molecular weight excluding hydrogens is 426 g/mol. The summed E-state index contributed by atoms with van der Waals surface area (Å²) < 4.78 is 2.21. The fraction of sp³-hybridized carbons (Fsp3) is 0.407. The number of anilines is 1. The van der Waals surface area contributed by atoms with Crippen LogP contribution in [0.25, 0.3) is 11.4 Å². The number of carbonyl (C=O) groups excluding carboxylic acids is 2. The van der Waals surface area contributed by atoms with Gasteiger partial charge in [-0.25, -0.2) is 0 Å². The van der Waals surface area contributed by atoms with Crippen molar-refractivity contribution in [3.05, 3.63) is 65.5 Å². The van der Waals surface area contributed by atoms with Crippen molar-refractivity contribution < 1.29 is 9.59 Å². The molecule has 0 saturated heterocycles. The van der Waals surface area contributed by atoms with E-state index in [0.717, 1.165) is 43.0 Å². The zero-order chi connectivity index (χ0) is 24.1. The molecule has 2 heterocycles. The lowest BCUT2D eigenvalue weighted by Gasteiger charge is -2.19. The van der Waals surface area contributed by atoms with E-state index < -0.39 is 0 Å². The molecule has 178 valence electrons. The first kappa shape index (κ1) is 23.7. The summed E-state index contributed by atoms with van der Waals surface area (Å²) in [5.41, 5.74) is 3.51. The van der Waals surface area contributed by atoms with Crippen LogP contribution >= 0.6 is 0 Å². The van der Waals surface area contributed by atoms with E-state index in [1.807, 2.05) is 48.5 Å². The normalized spacial score (nSPS) is 13.6. The molecule has 0 fully saturated rings. The predicted molar refractivity (Wildman–Crippen MR) is 134 cm³/mol. The van der Waals surface area contributed by atoms with Crippen LogP contribution in [0.15, 0.2) is 48.5 Å². The second-order valence-corrected chi connectivity index (χ2v) is 9.86. The summed E-state index contributed by atoms with van der Waals surface area (Å²) in [6.45, 7) is 7.63. The summed E-state index contributed by atoms with van der Waals surface area (Å²) in [4.78, 5) is 24.7. The molecular formula is C27H33N5O2. The standard InChI is InChI=1S/C27H33N5O2/c1-27(2,3)21-12-8-20(9-13-21)26(34)28-17-16-24(33)29-22-14-10-19(11-15-22)25-31-30-23-7-5-4-6-18-32(23)25/h8-15H,4-7,16-18H2,1-3H3,(H,28,34)(H,29,33). The summed E-state index contributed by atoms with van der Waals surface area (Å²) in [6.07, 6.45) is 4.70. The van der Waals surface area contributed by atoms with Gasteiger partial charge in [0.05, 0.1) is 0 Å². The number of nitrogens with zero attached hydrogens (tertiary/aromatic N) is 3. The molecule has 0 unspecified atom stereocenters. The molecule has 2 N–H and O–H groups in total. The molecule has 0 radical (unpaired) electrons. The molecule has 2 amide bonds. The number of rotatable bonds is 6. The van der Waals surface area contributed by atoms with Crippen molar-refractivity contribution in [2.45, 2.75) is 64.8 Å². The number of hydrogen-bond acceptors (Lipinski definition) is 4. The van der Waals surface area contributed by atoms with Crippen LogP contribution in [-0.2, 0) is 23.2 Å². The summed E-state index contributed by atoms with van der Waals surface area (Å²) in [7, 11) is 0. The number of aromatic nitrogens is 3. The SMILES string of the molecule is CC(C)(C)c1ccc(C(=O)NCCC(=O)Nc2ccc(-c3nnc4n3CCCCC4)cc2)cc1. The fourth-order valence-electron chi connectivity index (χ4n) is 4.14. The predicted octanol–water partition coefficient (Wildman–Crippen LogP) is 4.73. The van der Waals surface area contributed by atoms with E-state index in [1.54, 1.807) is 0 Å². The van der Waals surface area contributed by atoms with E-state index in [0.29, 0.717) is 11.3 Å². The van der Waals surface area contributed by atoms with Gasteiger partial charge in [-0.15, -0.1) is 10.2 Å². The maximum Gasteiger partial charge on any atom is 0.251 e. The lowest BCUT2D eigenvalue weighted by molar-refractivity contribution is -0.116. The quantitative estimate of drug-likeness (QED) is 0.558. The van der Waals surface area contributed by atoms with Gasteiger partial charge in [0.2, 0.25) is 5.91 Å². The number of amides is 2. The highest BCUT2D eigenvalue weighted by Gasteiger charge is 2.16. The third-order valence-corrected chi connectivity index (χ3v) is 6.19. The molecule has 1 aliphatic rings. The second-order valence-electron chi connectivity index (χ2n) is 9.86. The Bertz CT molecular complexity index is 1140. The first-order valence-electron chi connectivity index (χ1n) is 12.0. The Labute approximate surface area is 201 Å². The summed E-state index contributed by atoms with van der Waals surface area (Å²) in [6, 6.07) is 15.3. The van der Waals surface area contributed by atoms with Crippen LogP contribution < -0.4 is 10.6 Å². The van der Waals surface area contributed by atoms with Gasteiger partial charge in [0.25, 0.3) is 5.91 Å². The fourth-order valence-corrected chi connectivity index (χ4v) is 4.14. The van der Waals surface area contributed by atoms with Crippen molar-refractivity contribution >= 4 is 17.5 Å². The van der Waals surface area contributed by atoms with E-state index in [1.165, 1.54) is 12.0 Å². The van der Waals surface area contributed by atoms with Gasteiger partial charge in [0.1, 0.15) is 5.82 Å². The van der Waals surface area contributed by atoms with Gasteiger partial charge in [-0.2, -0.15) is 0 Å². The molecule has 7 heteroatoms. The minimum absolute atomic E-state index is 0.0412. The molecule has 1 aromatic heterocycles. The third kappa shape index (κ3) is 5.71. The van der Waals surface area contributed by atoms with Crippen molar-refractivity contribution in [2.24, 2.45) is 0 Å². The molecule has 1 aliphatic heterocycles. The number of hydrogen-bond donors (Lipinski definition) is 2. The van der Waals surface area contributed by atoms with Crippen LogP contribution in [-0.4, -0.2) is 33.1 Å². The second kappa shape index (κ2) is 10.2. The molecule has 2 aromatic carbocycles. The molecule has 0 saturated carbocycles. The molecule has 0 atom stereocenters. The van der Waals surface area contributed by atoms with Crippen LogP contribution in [0, 0.1) is 0 Å². The molecule has 4 rings (SSSR count). The van der Waals surface area contributed by atoms with Crippen molar-refractivity contribution in [1.82, 2.24) is 20.1 Å². The Morgan fingerprint density at radius 3 is 2.38 bits per heavy atom. The van der Waals surface area contributed by atoms with Crippen molar-refractivity contribution in [2.75, 3.05) is 11.9 Å². The van der Waals surface area contributed by atoms with Gasteiger partial charge in [-0.1, -0.05) is 39.3 Å². The van der Waals surface area contributed by atoms with E-state index in [4.69, 9.17) is 0 Å². The average Bonchev–Trinajstić information content (AvgIpc) is 3.07. The first-order chi connectivity index (χ1) is 16.3. The third-order valence-electron chi connectivity index (χ3n) is 6.19. The number of fused-ring (bicyclic) bond motifs is 1. The summed E-state index contributed by atoms with van der Waals surface area (Å²) in [5, 5.41) is 14.5. The number of carbonyl (C=O) groups is 2. The number of nitrogens with one attached hydrogen (secondary N) is 2.